The van der Waals surface area contributed by atoms with Gasteiger partial charge in [-0.25, -0.2) is 9.78 Å². The normalized spacial score (nSPS) is 10.4. The molecule has 92 valence electrons. The highest BCUT2D eigenvalue weighted by Gasteiger charge is 2.11. The molecule has 0 atom stereocenters. The van der Waals surface area contributed by atoms with Crippen LogP contribution >= 0.6 is 34.8 Å². The molecule has 2 aromatic rings. The van der Waals surface area contributed by atoms with Crippen LogP contribution in [0.15, 0.2) is 30.3 Å². The van der Waals surface area contributed by atoms with Crippen molar-refractivity contribution in [1.29, 1.82) is 0 Å². The zero-order valence-electron chi connectivity index (χ0n) is 8.82. The molecule has 1 aromatic heterocycles. The quantitative estimate of drug-likeness (QED) is 0.836. The van der Waals surface area contributed by atoms with E-state index in [9.17, 15) is 4.79 Å². The number of hydrogen-bond acceptors (Lipinski definition) is 2. The lowest BCUT2D eigenvalue weighted by atomic mass is 10.1. The van der Waals surface area contributed by atoms with Crippen molar-refractivity contribution >= 4 is 40.8 Å². The summed E-state index contributed by atoms with van der Waals surface area (Å²) in [6.07, 6.45) is 0. The largest absolute Gasteiger partial charge is 0.477 e. The minimum absolute atomic E-state index is 0.105. The SMILES string of the molecule is O=C(O)c1ccc(-c2ccc(Cl)c(Cl)c2)c(Cl)n1. The monoisotopic (exact) mass is 301 g/mol. The molecule has 0 aliphatic rings. The molecule has 0 amide bonds. The average Bonchev–Trinajstić information content (AvgIpc) is 2.32. The summed E-state index contributed by atoms with van der Waals surface area (Å²) in [6.45, 7) is 0. The molecule has 1 N–H and O–H groups in total. The summed E-state index contributed by atoms with van der Waals surface area (Å²) >= 11 is 17.7. The van der Waals surface area contributed by atoms with Gasteiger partial charge in [-0.15, -0.1) is 0 Å². The van der Waals surface area contributed by atoms with Crippen LogP contribution in [0.1, 0.15) is 10.5 Å². The van der Waals surface area contributed by atoms with E-state index in [-0.39, 0.29) is 10.8 Å². The molecule has 6 heteroatoms. The third kappa shape index (κ3) is 2.58. The van der Waals surface area contributed by atoms with Crippen molar-refractivity contribution in [3.63, 3.8) is 0 Å². The Morgan fingerprint density at radius 3 is 2.33 bits per heavy atom. The van der Waals surface area contributed by atoms with Crippen LogP contribution in [0.3, 0.4) is 0 Å². The van der Waals surface area contributed by atoms with E-state index in [2.05, 4.69) is 4.98 Å². The van der Waals surface area contributed by atoms with Crippen LogP contribution in [0.2, 0.25) is 15.2 Å². The van der Waals surface area contributed by atoms with Gasteiger partial charge in [0, 0.05) is 5.56 Å². The second-order valence-corrected chi connectivity index (χ2v) is 4.64. The number of hydrogen-bond donors (Lipinski definition) is 1. The number of aromatic carboxylic acids is 1. The van der Waals surface area contributed by atoms with Gasteiger partial charge in [-0.1, -0.05) is 40.9 Å². The molecule has 0 aliphatic carbocycles. The van der Waals surface area contributed by atoms with Crippen LogP contribution in [-0.4, -0.2) is 16.1 Å². The number of aromatic nitrogens is 1. The zero-order chi connectivity index (χ0) is 13.3. The van der Waals surface area contributed by atoms with Gasteiger partial charge < -0.3 is 5.11 Å². The van der Waals surface area contributed by atoms with Crippen molar-refractivity contribution in [1.82, 2.24) is 4.98 Å². The van der Waals surface area contributed by atoms with Gasteiger partial charge in [-0.3, -0.25) is 0 Å². The molecule has 0 fully saturated rings. The van der Waals surface area contributed by atoms with E-state index in [0.717, 1.165) is 5.56 Å². The Bertz CT molecular complexity index is 629. The lowest BCUT2D eigenvalue weighted by molar-refractivity contribution is 0.0690. The molecule has 0 radical (unpaired) electrons. The molecule has 1 aromatic carbocycles. The smallest absolute Gasteiger partial charge is 0.354 e. The van der Waals surface area contributed by atoms with Crippen molar-refractivity contribution < 1.29 is 9.90 Å². The molecule has 0 unspecified atom stereocenters. The molecule has 0 saturated carbocycles. The Morgan fingerprint density at radius 1 is 1.06 bits per heavy atom. The number of carbonyl (C=O) groups is 1. The van der Waals surface area contributed by atoms with Crippen molar-refractivity contribution in [2.24, 2.45) is 0 Å². The Hall–Kier alpha value is -1.29. The van der Waals surface area contributed by atoms with Crippen LogP contribution in [-0.2, 0) is 0 Å². The van der Waals surface area contributed by atoms with Gasteiger partial charge in [-0.05, 0) is 29.8 Å². The first kappa shape index (κ1) is 13.1. The van der Waals surface area contributed by atoms with Crippen molar-refractivity contribution in [2.75, 3.05) is 0 Å². The first-order valence-electron chi connectivity index (χ1n) is 4.84. The number of carboxylic acids is 1. The van der Waals surface area contributed by atoms with Gasteiger partial charge in [0.1, 0.15) is 10.8 Å². The van der Waals surface area contributed by atoms with Gasteiger partial charge in [0.15, 0.2) is 0 Å². The van der Waals surface area contributed by atoms with E-state index in [1.807, 2.05) is 0 Å². The fourth-order valence-electron chi connectivity index (χ4n) is 1.43. The van der Waals surface area contributed by atoms with Crippen LogP contribution in [0.5, 0.6) is 0 Å². The molecule has 1 heterocycles. The first-order valence-corrected chi connectivity index (χ1v) is 5.97. The summed E-state index contributed by atoms with van der Waals surface area (Å²) in [4.78, 5) is 14.5. The standard InChI is InChI=1S/C12H6Cl3NO2/c13-8-3-1-6(5-9(8)14)7-2-4-10(12(17)18)16-11(7)15/h1-5H,(H,17,18). The maximum Gasteiger partial charge on any atom is 0.354 e. The highest BCUT2D eigenvalue weighted by molar-refractivity contribution is 6.42. The summed E-state index contributed by atoms with van der Waals surface area (Å²) in [5.74, 6) is -1.13. The lowest BCUT2D eigenvalue weighted by Gasteiger charge is -2.06. The van der Waals surface area contributed by atoms with E-state index < -0.39 is 5.97 Å². The molecule has 0 aliphatic heterocycles. The number of carboxylic acid groups (broad SMARTS) is 1. The number of nitrogens with zero attached hydrogens (tertiary/aromatic N) is 1. The maximum atomic E-state index is 10.7. The fourth-order valence-corrected chi connectivity index (χ4v) is 1.99. The Kier molecular flexibility index (Phi) is 3.76. The number of pyridine rings is 1. The molecule has 0 spiro atoms. The summed E-state index contributed by atoms with van der Waals surface area (Å²) in [5.41, 5.74) is 1.21. The second kappa shape index (κ2) is 5.14. The zero-order valence-corrected chi connectivity index (χ0v) is 11.1. The predicted octanol–water partition coefficient (Wildman–Crippen LogP) is 4.41. The third-order valence-electron chi connectivity index (χ3n) is 2.30. The van der Waals surface area contributed by atoms with Crippen LogP contribution in [0.25, 0.3) is 11.1 Å². The van der Waals surface area contributed by atoms with Gasteiger partial charge in [0.05, 0.1) is 10.0 Å². The van der Waals surface area contributed by atoms with E-state index in [1.54, 1.807) is 24.3 Å². The number of benzene rings is 1. The average molecular weight is 303 g/mol. The highest BCUT2D eigenvalue weighted by atomic mass is 35.5. The Morgan fingerprint density at radius 2 is 1.78 bits per heavy atom. The molecule has 0 bridgehead atoms. The van der Waals surface area contributed by atoms with Crippen molar-refractivity contribution in [3.8, 4) is 11.1 Å². The minimum atomic E-state index is -1.13. The van der Waals surface area contributed by atoms with Crippen LogP contribution in [0, 0.1) is 0 Å². The second-order valence-electron chi connectivity index (χ2n) is 3.47. The summed E-state index contributed by atoms with van der Waals surface area (Å²) < 4.78 is 0. The highest BCUT2D eigenvalue weighted by Crippen LogP contribution is 2.31. The third-order valence-corrected chi connectivity index (χ3v) is 3.33. The molecule has 18 heavy (non-hydrogen) atoms. The fraction of sp³-hybridized carbons (Fsp3) is 0. The van der Waals surface area contributed by atoms with E-state index >= 15 is 0 Å². The van der Waals surface area contributed by atoms with E-state index in [4.69, 9.17) is 39.9 Å². The first-order chi connectivity index (χ1) is 8.49. The van der Waals surface area contributed by atoms with E-state index in [0.29, 0.717) is 15.6 Å². The molecular weight excluding hydrogens is 296 g/mol. The maximum absolute atomic E-state index is 10.7. The van der Waals surface area contributed by atoms with Gasteiger partial charge >= 0.3 is 5.97 Å². The summed E-state index contributed by atoms with van der Waals surface area (Å²) in [5, 5.41) is 9.73. The van der Waals surface area contributed by atoms with Gasteiger partial charge in [0.2, 0.25) is 0 Å². The Labute approximate surface area is 118 Å². The van der Waals surface area contributed by atoms with Crippen molar-refractivity contribution in [3.05, 3.63) is 51.2 Å². The van der Waals surface area contributed by atoms with Crippen LogP contribution < -0.4 is 0 Å². The van der Waals surface area contributed by atoms with Crippen molar-refractivity contribution in [2.45, 2.75) is 0 Å². The molecule has 3 nitrogen and oxygen atoms in total. The van der Waals surface area contributed by atoms with Crippen LogP contribution in [0.4, 0.5) is 0 Å². The predicted molar refractivity (Wildman–Crippen MR) is 71.7 cm³/mol. The summed E-state index contributed by atoms with van der Waals surface area (Å²) in [6, 6.07) is 7.98. The Balaban J connectivity index is 2.51. The topological polar surface area (TPSA) is 50.2 Å². The van der Waals surface area contributed by atoms with Gasteiger partial charge in [-0.2, -0.15) is 0 Å². The molecular formula is C12H6Cl3NO2. The van der Waals surface area contributed by atoms with E-state index in [1.165, 1.54) is 6.07 Å². The minimum Gasteiger partial charge on any atom is -0.477 e. The summed E-state index contributed by atoms with van der Waals surface area (Å²) in [7, 11) is 0. The lowest BCUT2D eigenvalue weighted by Crippen LogP contribution is -2.00. The molecule has 2 rings (SSSR count). The molecule has 0 saturated heterocycles. The number of halogens is 3. The van der Waals surface area contributed by atoms with Gasteiger partial charge in [0.25, 0.3) is 0 Å². The number of rotatable bonds is 2.